The number of benzene rings is 1. The molecule has 0 heterocycles. The average molecular weight is 228 g/mol. The fraction of sp³-hybridized carbons (Fsp3) is 0.500. The molecule has 84 valence electrons. The van der Waals surface area contributed by atoms with Gasteiger partial charge in [-0.25, -0.2) is 0 Å². The molecular weight excluding hydrogens is 210 g/mol. The van der Waals surface area contributed by atoms with Crippen molar-refractivity contribution in [2.24, 2.45) is 0 Å². The van der Waals surface area contributed by atoms with Crippen LogP contribution in [-0.4, -0.2) is 19.5 Å². The van der Waals surface area contributed by atoms with Gasteiger partial charge in [0.15, 0.2) is 0 Å². The summed E-state index contributed by atoms with van der Waals surface area (Å²) >= 11 is 5.60. The van der Waals surface area contributed by atoms with E-state index in [4.69, 9.17) is 16.3 Å². The van der Waals surface area contributed by atoms with Crippen molar-refractivity contribution in [3.63, 3.8) is 0 Å². The SMILES string of the molecule is COc1c(C)cc(CNCCCl)cc1C. The molecule has 0 aliphatic heterocycles. The maximum Gasteiger partial charge on any atom is 0.124 e. The molecular formula is C12H18ClNO. The Morgan fingerprint density at radius 1 is 1.27 bits per heavy atom. The molecule has 0 aromatic heterocycles. The van der Waals surface area contributed by atoms with E-state index in [0.717, 1.165) is 18.8 Å². The molecule has 1 aromatic rings. The van der Waals surface area contributed by atoms with Crippen LogP contribution in [0.15, 0.2) is 12.1 Å². The summed E-state index contributed by atoms with van der Waals surface area (Å²) in [6.07, 6.45) is 0. The van der Waals surface area contributed by atoms with Gasteiger partial charge in [0.05, 0.1) is 7.11 Å². The van der Waals surface area contributed by atoms with Gasteiger partial charge in [-0.15, -0.1) is 11.6 Å². The zero-order chi connectivity index (χ0) is 11.3. The number of ether oxygens (including phenoxy) is 1. The lowest BCUT2D eigenvalue weighted by Crippen LogP contribution is -2.15. The van der Waals surface area contributed by atoms with Gasteiger partial charge in [-0.1, -0.05) is 12.1 Å². The van der Waals surface area contributed by atoms with Gasteiger partial charge in [0.2, 0.25) is 0 Å². The van der Waals surface area contributed by atoms with Crippen LogP contribution < -0.4 is 10.1 Å². The van der Waals surface area contributed by atoms with E-state index in [0.29, 0.717) is 5.88 Å². The number of hydrogen-bond donors (Lipinski definition) is 1. The zero-order valence-electron chi connectivity index (χ0n) is 9.56. The third kappa shape index (κ3) is 3.40. The number of aryl methyl sites for hydroxylation is 2. The van der Waals surface area contributed by atoms with Crippen LogP contribution in [0.4, 0.5) is 0 Å². The first-order valence-corrected chi connectivity index (χ1v) is 5.63. The minimum atomic E-state index is 0.647. The summed E-state index contributed by atoms with van der Waals surface area (Å²) < 4.78 is 5.31. The van der Waals surface area contributed by atoms with Crippen LogP contribution in [0.25, 0.3) is 0 Å². The molecule has 2 nitrogen and oxygen atoms in total. The summed E-state index contributed by atoms with van der Waals surface area (Å²) in [7, 11) is 1.71. The van der Waals surface area contributed by atoms with Gasteiger partial charge in [0.25, 0.3) is 0 Å². The second kappa shape index (κ2) is 5.99. The largest absolute Gasteiger partial charge is 0.496 e. The number of halogens is 1. The van der Waals surface area contributed by atoms with Crippen LogP contribution in [0, 0.1) is 13.8 Å². The Hall–Kier alpha value is -0.730. The fourth-order valence-corrected chi connectivity index (χ4v) is 1.90. The Bertz CT molecular complexity index is 302. The van der Waals surface area contributed by atoms with Crippen molar-refractivity contribution < 1.29 is 4.74 Å². The van der Waals surface area contributed by atoms with Crippen LogP contribution >= 0.6 is 11.6 Å². The summed E-state index contributed by atoms with van der Waals surface area (Å²) in [6.45, 7) is 5.83. The first-order valence-electron chi connectivity index (χ1n) is 5.09. The monoisotopic (exact) mass is 227 g/mol. The quantitative estimate of drug-likeness (QED) is 0.617. The molecule has 0 saturated carbocycles. The van der Waals surface area contributed by atoms with Crippen molar-refractivity contribution in [3.8, 4) is 5.75 Å². The van der Waals surface area contributed by atoms with Crippen LogP contribution in [0.2, 0.25) is 0 Å². The lowest BCUT2D eigenvalue weighted by Gasteiger charge is -2.11. The van der Waals surface area contributed by atoms with E-state index in [1.807, 2.05) is 0 Å². The van der Waals surface area contributed by atoms with Crippen molar-refractivity contribution in [1.29, 1.82) is 0 Å². The number of methoxy groups -OCH3 is 1. The lowest BCUT2D eigenvalue weighted by atomic mass is 10.1. The van der Waals surface area contributed by atoms with Gasteiger partial charge in [-0.05, 0) is 30.5 Å². The van der Waals surface area contributed by atoms with E-state index in [1.54, 1.807) is 7.11 Å². The molecule has 1 rings (SSSR count). The van der Waals surface area contributed by atoms with Crippen LogP contribution in [0.3, 0.4) is 0 Å². The molecule has 3 heteroatoms. The summed E-state index contributed by atoms with van der Waals surface area (Å²) in [5.41, 5.74) is 3.64. The summed E-state index contributed by atoms with van der Waals surface area (Å²) in [5, 5.41) is 3.27. The zero-order valence-corrected chi connectivity index (χ0v) is 10.3. The highest BCUT2D eigenvalue weighted by Gasteiger charge is 2.04. The molecule has 0 aliphatic carbocycles. The molecule has 0 unspecified atom stereocenters. The molecule has 0 radical (unpaired) electrons. The Morgan fingerprint density at radius 2 is 1.87 bits per heavy atom. The standard InChI is InChI=1S/C12H18ClNO/c1-9-6-11(8-14-5-4-13)7-10(2)12(9)15-3/h6-7,14H,4-5,8H2,1-3H3. The number of hydrogen-bond acceptors (Lipinski definition) is 2. The second-order valence-electron chi connectivity index (χ2n) is 3.63. The van der Waals surface area contributed by atoms with Crippen molar-refractivity contribution in [2.75, 3.05) is 19.5 Å². The Balaban J connectivity index is 2.75. The number of rotatable bonds is 5. The normalized spacial score (nSPS) is 10.4. The van der Waals surface area contributed by atoms with Crippen LogP contribution in [0.5, 0.6) is 5.75 Å². The van der Waals surface area contributed by atoms with Crippen molar-refractivity contribution in [1.82, 2.24) is 5.32 Å². The first-order chi connectivity index (χ1) is 7.19. The third-order valence-electron chi connectivity index (χ3n) is 2.32. The molecule has 1 aromatic carbocycles. The molecule has 1 N–H and O–H groups in total. The first kappa shape index (κ1) is 12.3. The molecule has 0 aliphatic rings. The Kier molecular flexibility index (Phi) is 4.92. The lowest BCUT2D eigenvalue weighted by molar-refractivity contribution is 0.408. The van der Waals surface area contributed by atoms with E-state index >= 15 is 0 Å². The molecule has 0 fully saturated rings. The van der Waals surface area contributed by atoms with E-state index in [9.17, 15) is 0 Å². The van der Waals surface area contributed by atoms with Crippen molar-refractivity contribution >= 4 is 11.6 Å². The van der Waals surface area contributed by atoms with Gasteiger partial charge in [0.1, 0.15) is 5.75 Å². The van der Waals surface area contributed by atoms with Crippen molar-refractivity contribution in [2.45, 2.75) is 20.4 Å². The third-order valence-corrected chi connectivity index (χ3v) is 2.51. The van der Waals surface area contributed by atoms with E-state index in [-0.39, 0.29) is 0 Å². The maximum absolute atomic E-state index is 5.60. The minimum absolute atomic E-state index is 0.647. The van der Waals surface area contributed by atoms with Gasteiger partial charge in [0, 0.05) is 19.0 Å². The van der Waals surface area contributed by atoms with Gasteiger partial charge >= 0.3 is 0 Å². The topological polar surface area (TPSA) is 21.3 Å². The van der Waals surface area contributed by atoms with Crippen LogP contribution in [0.1, 0.15) is 16.7 Å². The van der Waals surface area contributed by atoms with E-state index in [1.165, 1.54) is 16.7 Å². The molecule has 0 amide bonds. The highest BCUT2D eigenvalue weighted by molar-refractivity contribution is 6.18. The predicted molar refractivity (Wildman–Crippen MR) is 64.9 cm³/mol. The Labute approximate surface area is 96.6 Å². The molecule has 0 atom stereocenters. The summed E-state index contributed by atoms with van der Waals surface area (Å²) in [4.78, 5) is 0. The van der Waals surface area contributed by atoms with Crippen molar-refractivity contribution in [3.05, 3.63) is 28.8 Å². The highest BCUT2D eigenvalue weighted by atomic mass is 35.5. The van der Waals surface area contributed by atoms with Crippen LogP contribution in [-0.2, 0) is 6.54 Å². The maximum atomic E-state index is 5.60. The molecule has 0 bridgehead atoms. The molecule has 0 spiro atoms. The number of alkyl halides is 1. The smallest absolute Gasteiger partial charge is 0.124 e. The van der Waals surface area contributed by atoms with E-state index in [2.05, 4.69) is 31.3 Å². The van der Waals surface area contributed by atoms with Gasteiger partial charge < -0.3 is 10.1 Å². The predicted octanol–water partition coefficient (Wildman–Crippen LogP) is 2.64. The Morgan fingerprint density at radius 3 is 2.33 bits per heavy atom. The van der Waals surface area contributed by atoms with E-state index < -0.39 is 0 Å². The minimum Gasteiger partial charge on any atom is -0.496 e. The van der Waals surface area contributed by atoms with Gasteiger partial charge in [-0.3, -0.25) is 0 Å². The molecule has 0 saturated heterocycles. The molecule has 15 heavy (non-hydrogen) atoms. The second-order valence-corrected chi connectivity index (χ2v) is 4.01. The summed E-state index contributed by atoms with van der Waals surface area (Å²) in [5.74, 6) is 1.63. The summed E-state index contributed by atoms with van der Waals surface area (Å²) in [6, 6.07) is 4.29. The number of nitrogens with one attached hydrogen (secondary N) is 1. The highest BCUT2D eigenvalue weighted by Crippen LogP contribution is 2.24. The average Bonchev–Trinajstić information content (AvgIpc) is 2.18. The van der Waals surface area contributed by atoms with Gasteiger partial charge in [-0.2, -0.15) is 0 Å². The fourth-order valence-electron chi connectivity index (χ4n) is 1.76.